The quantitative estimate of drug-likeness (QED) is 0.0635. The second-order valence-corrected chi connectivity index (χ2v) is 8.99. The van der Waals surface area contributed by atoms with E-state index in [0.717, 1.165) is 0 Å². The van der Waals surface area contributed by atoms with E-state index in [2.05, 4.69) is 15.6 Å². The summed E-state index contributed by atoms with van der Waals surface area (Å²) in [6, 6.07) is -0.997. The van der Waals surface area contributed by atoms with Gasteiger partial charge in [0.2, 0.25) is 5.91 Å². The first-order valence-corrected chi connectivity index (χ1v) is 10.9. The molecule has 0 bridgehead atoms. The van der Waals surface area contributed by atoms with Gasteiger partial charge in [0.1, 0.15) is 5.78 Å². The third-order valence-corrected chi connectivity index (χ3v) is 5.63. The molecule has 0 aromatic carbocycles. The van der Waals surface area contributed by atoms with Gasteiger partial charge >= 0.3 is 7.60 Å². The molecule has 3 atom stereocenters. The molecule has 0 aliphatic carbocycles. The number of likely N-dealkylation sites (N-methyl/N-ethyl adjacent to an activating group) is 1. The highest BCUT2D eigenvalue weighted by atomic mass is 31.2. The Morgan fingerprint density at radius 2 is 1.82 bits per heavy atom. The van der Waals surface area contributed by atoms with Gasteiger partial charge in [-0.2, -0.15) is 0 Å². The number of Topliss-reactive ketones (excluding diaryl/α,β-unsaturated/α-hetero) is 1. The van der Waals surface area contributed by atoms with Gasteiger partial charge in [-0.3, -0.25) is 24.5 Å². The molecule has 0 rings (SSSR count). The lowest BCUT2D eigenvalue weighted by molar-refractivity contribution is -0.137. The van der Waals surface area contributed by atoms with E-state index >= 15 is 0 Å². The third kappa shape index (κ3) is 8.24. The Bertz CT molecular complexity index is 604. The van der Waals surface area contributed by atoms with Crippen molar-refractivity contribution in [2.45, 2.75) is 63.8 Å². The normalized spacial score (nSPS) is 16.1. The highest BCUT2D eigenvalue weighted by Gasteiger charge is 2.45. The molecule has 164 valence electrons. The van der Waals surface area contributed by atoms with E-state index < -0.39 is 36.6 Å². The van der Waals surface area contributed by atoms with Crippen molar-refractivity contribution in [2.75, 3.05) is 13.6 Å². The van der Waals surface area contributed by atoms with Gasteiger partial charge in [0.25, 0.3) is 0 Å². The van der Waals surface area contributed by atoms with E-state index in [1.165, 1.54) is 7.05 Å². The topological polar surface area (TPSA) is 206 Å². The molecule has 0 fully saturated rings. The van der Waals surface area contributed by atoms with Gasteiger partial charge in [-0.1, -0.05) is 20.8 Å². The summed E-state index contributed by atoms with van der Waals surface area (Å²) in [7, 11) is -3.12. The van der Waals surface area contributed by atoms with Crippen molar-refractivity contribution < 1.29 is 23.9 Å². The second-order valence-electron chi connectivity index (χ2n) is 7.19. The minimum Gasteiger partial charge on any atom is -0.370 e. The maximum absolute atomic E-state index is 13.2. The fourth-order valence-corrected chi connectivity index (χ4v) is 3.71. The molecule has 12 heteroatoms. The van der Waals surface area contributed by atoms with Crippen LogP contribution in [0.3, 0.4) is 0 Å². The number of aliphatic imine (C=N–C) groups is 1. The molecule has 1 amide bonds. The molecular formula is C16H35N6O5P. The molecule has 0 aromatic rings. The van der Waals surface area contributed by atoms with E-state index in [4.69, 9.17) is 17.2 Å². The van der Waals surface area contributed by atoms with Crippen LogP contribution in [0.25, 0.3) is 0 Å². The molecule has 28 heavy (non-hydrogen) atoms. The predicted octanol–water partition coefficient (Wildman–Crippen LogP) is -1.03. The number of nitrogens with zero attached hydrogens (tertiary/aromatic N) is 1. The number of rotatable bonds is 13. The van der Waals surface area contributed by atoms with Crippen molar-refractivity contribution in [3.8, 4) is 0 Å². The number of hydrogen-bond donors (Lipinski definition) is 7. The van der Waals surface area contributed by atoms with Crippen molar-refractivity contribution in [1.29, 1.82) is 0 Å². The summed E-state index contributed by atoms with van der Waals surface area (Å²) in [4.78, 5) is 48.5. The Kier molecular flexibility index (Phi) is 10.9. The second kappa shape index (κ2) is 11.5. The summed E-state index contributed by atoms with van der Waals surface area (Å²) in [5, 5.41) is 5.12. The molecule has 0 spiro atoms. The summed E-state index contributed by atoms with van der Waals surface area (Å²) < 4.78 is 11.7. The fourth-order valence-electron chi connectivity index (χ4n) is 2.86. The standard InChI is InChI=1S/C16H35N6O5P/c1-5-12(28(25,26)27)22-11(9-10(2)3)13(23)16(19,14(24)20-4)7-6-8-21-15(17)18/h10-12,22H,5-9,19H2,1-4H3,(H,20,24)(H4,17,18,21)(H2,25,26,27)/t11-,12-,16-/m0/s1. The van der Waals surface area contributed by atoms with Crippen LogP contribution in [0.1, 0.15) is 46.5 Å². The molecule has 0 radical (unpaired) electrons. The molecule has 0 aliphatic rings. The Labute approximate surface area is 166 Å². The van der Waals surface area contributed by atoms with E-state index in [-0.39, 0.29) is 44.1 Å². The molecule has 0 unspecified atom stereocenters. The van der Waals surface area contributed by atoms with Gasteiger partial charge in [-0.15, -0.1) is 0 Å². The zero-order valence-electron chi connectivity index (χ0n) is 17.0. The number of carbonyl (C=O) groups is 2. The van der Waals surface area contributed by atoms with Crippen LogP contribution >= 0.6 is 7.60 Å². The lowest BCUT2D eigenvalue weighted by Crippen LogP contribution is -2.64. The van der Waals surface area contributed by atoms with Crippen molar-refractivity contribution in [3.63, 3.8) is 0 Å². The highest BCUT2D eigenvalue weighted by molar-refractivity contribution is 7.52. The van der Waals surface area contributed by atoms with Gasteiger partial charge in [0.05, 0.1) is 6.04 Å². The minimum absolute atomic E-state index is 0.0197. The molecule has 11 nitrogen and oxygen atoms in total. The van der Waals surface area contributed by atoms with Crippen LogP contribution in [0, 0.1) is 5.92 Å². The summed E-state index contributed by atoms with van der Waals surface area (Å²) in [5.74, 6) is -2.61. The molecule has 0 saturated carbocycles. The maximum Gasteiger partial charge on any atom is 0.342 e. The molecular weight excluding hydrogens is 387 g/mol. The predicted molar refractivity (Wildman–Crippen MR) is 108 cm³/mol. The first-order valence-electron chi connectivity index (χ1n) is 9.21. The van der Waals surface area contributed by atoms with E-state index in [1.807, 2.05) is 13.8 Å². The summed E-state index contributed by atoms with van der Waals surface area (Å²) in [6.07, 6.45) is 0.621. The zero-order chi connectivity index (χ0) is 22.1. The Morgan fingerprint density at radius 3 is 2.21 bits per heavy atom. The van der Waals surface area contributed by atoms with Crippen LogP contribution < -0.4 is 27.8 Å². The van der Waals surface area contributed by atoms with Gasteiger partial charge in [0.15, 0.2) is 17.3 Å². The molecule has 0 aromatic heterocycles. The average Bonchev–Trinajstić information content (AvgIpc) is 2.58. The lowest BCUT2D eigenvalue weighted by Gasteiger charge is -2.33. The first-order chi connectivity index (χ1) is 12.8. The summed E-state index contributed by atoms with van der Waals surface area (Å²) in [5.41, 5.74) is 14.9. The lowest BCUT2D eigenvalue weighted by atomic mass is 9.82. The number of carbonyl (C=O) groups excluding carboxylic acids is 2. The number of nitrogens with two attached hydrogens (primary N) is 3. The van der Waals surface area contributed by atoms with Crippen molar-refractivity contribution in [3.05, 3.63) is 0 Å². The number of nitrogens with one attached hydrogen (secondary N) is 2. The van der Waals surface area contributed by atoms with Gasteiger partial charge in [-0.25, -0.2) is 0 Å². The van der Waals surface area contributed by atoms with Crippen molar-refractivity contribution in [2.24, 2.45) is 28.1 Å². The van der Waals surface area contributed by atoms with E-state index in [9.17, 15) is 23.9 Å². The first kappa shape index (κ1) is 26.5. The highest BCUT2D eigenvalue weighted by Crippen LogP contribution is 2.41. The monoisotopic (exact) mass is 422 g/mol. The van der Waals surface area contributed by atoms with E-state index in [0.29, 0.717) is 0 Å². The molecule has 0 heterocycles. The van der Waals surface area contributed by atoms with Crippen LogP contribution in [0.4, 0.5) is 0 Å². The van der Waals surface area contributed by atoms with Crippen LogP contribution in [0.2, 0.25) is 0 Å². The largest absolute Gasteiger partial charge is 0.370 e. The van der Waals surface area contributed by atoms with Crippen LogP contribution in [0.15, 0.2) is 4.99 Å². The van der Waals surface area contributed by atoms with Crippen LogP contribution in [0.5, 0.6) is 0 Å². The van der Waals surface area contributed by atoms with Crippen molar-refractivity contribution in [1.82, 2.24) is 10.6 Å². The van der Waals surface area contributed by atoms with Gasteiger partial charge in [0, 0.05) is 13.6 Å². The van der Waals surface area contributed by atoms with Gasteiger partial charge in [-0.05, 0) is 31.6 Å². The SMILES string of the molecule is CC[C@@H](N[C@@H](CC(C)C)C(=O)[C@@](N)(CCCN=C(N)N)C(=O)NC)P(=O)(O)O. The summed E-state index contributed by atoms with van der Waals surface area (Å²) in [6.45, 7) is 5.50. The van der Waals surface area contributed by atoms with E-state index in [1.54, 1.807) is 6.92 Å². The molecule has 0 aliphatic heterocycles. The maximum atomic E-state index is 13.2. The van der Waals surface area contributed by atoms with Crippen LogP contribution in [-0.2, 0) is 14.2 Å². The van der Waals surface area contributed by atoms with Crippen molar-refractivity contribution >= 4 is 25.2 Å². The number of ketones is 1. The molecule has 0 saturated heterocycles. The van der Waals surface area contributed by atoms with Gasteiger partial charge < -0.3 is 32.3 Å². The third-order valence-electron chi connectivity index (χ3n) is 4.31. The minimum atomic E-state index is -4.48. The summed E-state index contributed by atoms with van der Waals surface area (Å²) >= 11 is 0. The fraction of sp³-hybridized carbons (Fsp3) is 0.812. The number of amides is 1. The Hall–Kier alpha value is -1.52. The smallest absolute Gasteiger partial charge is 0.342 e. The Balaban J connectivity index is 5.71. The number of guanidine groups is 1. The van der Waals surface area contributed by atoms with Crippen LogP contribution in [-0.4, -0.2) is 58.4 Å². The Morgan fingerprint density at radius 1 is 1.25 bits per heavy atom. The molecule has 10 N–H and O–H groups in total. The number of hydrogen-bond acceptors (Lipinski definition) is 6. The average molecular weight is 422 g/mol. The zero-order valence-corrected chi connectivity index (χ0v) is 17.9.